The fourth-order valence-electron chi connectivity index (χ4n) is 3.11. The third kappa shape index (κ3) is 4.05. The summed E-state index contributed by atoms with van der Waals surface area (Å²) in [5.74, 6) is 0.705. The van der Waals surface area contributed by atoms with Crippen molar-refractivity contribution in [2.24, 2.45) is 0 Å². The van der Waals surface area contributed by atoms with Gasteiger partial charge in [-0.1, -0.05) is 30.3 Å². The van der Waals surface area contributed by atoms with Gasteiger partial charge in [-0.3, -0.25) is 0 Å². The number of rotatable bonds is 4. The van der Waals surface area contributed by atoms with Gasteiger partial charge in [-0.15, -0.1) is 0 Å². The lowest BCUT2D eigenvalue weighted by molar-refractivity contribution is 0.208. The molecule has 0 unspecified atom stereocenters. The van der Waals surface area contributed by atoms with Crippen molar-refractivity contribution in [3.63, 3.8) is 0 Å². The summed E-state index contributed by atoms with van der Waals surface area (Å²) in [6.45, 7) is 7.72. The molecule has 0 bridgehead atoms. The largest absolute Gasteiger partial charge is 0.492 e. The van der Waals surface area contributed by atoms with Crippen molar-refractivity contribution in [2.75, 3.05) is 43.0 Å². The molecule has 5 heteroatoms. The van der Waals surface area contributed by atoms with Gasteiger partial charge in [-0.05, 0) is 37.6 Å². The molecule has 1 aliphatic heterocycles. The Morgan fingerprint density at radius 1 is 1.04 bits per heavy atom. The van der Waals surface area contributed by atoms with Crippen molar-refractivity contribution in [1.82, 2.24) is 4.90 Å². The highest BCUT2D eigenvalue weighted by Crippen LogP contribution is 2.25. The zero-order valence-corrected chi connectivity index (χ0v) is 14.9. The summed E-state index contributed by atoms with van der Waals surface area (Å²) in [6, 6.07) is 15.8. The second-order valence-corrected chi connectivity index (χ2v) is 6.12. The van der Waals surface area contributed by atoms with Crippen LogP contribution in [0.2, 0.25) is 0 Å². The van der Waals surface area contributed by atoms with Crippen LogP contribution in [0.4, 0.5) is 16.2 Å². The summed E-state index contributed by atoms with van der Waals surface area (Å²) in [6.07, 6.45) is 0. The molecule has 2 aromatic rings. The van der Waals surface area contributed by atoms with E-state index in [0.717, 1.165) is 18.8 Å². The van der Waals surface area contributed by atoms with E-state index >= 15 is 0 Å². The number of anilines is 2. The van der Waals surface area contributed by atoms with Crippen molar-refractivity contribution in [1.29, 1.82) is 0 Å². The third-order valence-electron chi connectivity index (χ3n) is 4.45. The Balaban J connectivity index is 1.60. The predicted octanol–water partition coefficient (Wildman–Crippen LogP) is 3.75. The van der Waals surface area contributed by atoms with E-state index in [1.165, 1.54) is 11.3 Å². The van der Waals surface area contributed by atoms with E-state index < -0.39 is 0 Å². The van der Waals surface area contributed by atoms with Gasteiger partial charge in [0.15, 0.2) is 0 Å². The maximum Gasteiger partial charge on any atom is 0.322 e. The van der Waals surface area contributed by atoms with Gasteiger partial charge in [0.25, 0.3) is 0 Å². The van der Waals surface area contributed by atoms with Crippen LogP contribution in [-0.4, -0.2) is 43.7 Å². The predicted molar refractivity (Wildman–Crippen MR) is 102 cm³/mol. The number of para-hydroxylation sites is 3. The number of hydrogen-bond acceptors (Lipinski definition) is 3. The van der Waals surface area contributed by atoms with Crippen LogP contribution in [0.5, 0.6) is 5.75 Å². The molecule has 132 valence electrons. The first-order chi connectivity index (χ1) is 12.2. The molecule has 0 atom stereocenters. The monoisotopic (exact) mass is 339 g/mol. The normalized spacial score (nSPS) is 14.3. The molecule has 25 heavy (non-hydrogen) atoms. The Morgan fingerprint density at radius 2 is 1.72 bits per heavy atom. The number of hydrogen-bond donors (Lipinski definition) is 1. The Labute approximate surface area is 149 Å². The molecule has 2 amide bonds. The molecule has 0 aliphatic carbocycles. The van der Waals surface area contributed by atoms with Gasteiger partial charge in [0.2, 0.25) is 0 Å². The van der Waals surface area contributed by atoms with Gasteiger partial charge in [0.05, 0.1) is 12.3 Å². The molecular formula is C20H25N3O2. The molecule has 0 aromatic heterocycles. The van der Waals surface area contributed by atoms with Gasteiger partial charge < -0.3 is 19.9 Å². The lowest BCUT2D eigenvalue weighted by Gasteiger charge is -2.36. The van der Waals surface area contributed by atoms with Crippen LogP contribution in [0.15, 0.2) is 48.5 Å². The van der Waals surface area contributed by atoms with Gasteiger partial charge in [0.1, 0.15) is 5.75 Å². The van der Waals surface area contributed by atoms with Gasteiger partial charge >= 0.3 is 6.03 Å². The first kappa shape index (κ1) is 17.1. The number of ether oxygens (including phenoxy) is 1. The number of piperazine rings is 1. The maximum absolute atomic E-state index is 12.6. The van der Waals surface area contributed by atoms with Gasteiger partial charge in [-0.25, -0.2) is 4.79 Å². The minimum absolute atomic E-state index is 0.0726. The Hall–Kier alpha value is -2.69. The van der Waals surface area contributed by atoms with Crippen LogP contribution in [-0.2, 0) is 0 Å². The molecule has 1 heterocycles. The minimum atomic E-state index is -0.0726. The molecule has 2 aromatic carbocycles. The van der Waals surface area contributed by atoms with E-state index in [2.05, 4.69) is 41.4 Å². The van der Waals surface area contributed by atoms with Gasteiger partial charge in [-0.2, -0.15) is 0 Å². The number of benzene rings is 2. The summed E-state index contributed by atoms with van der Waals surface area (Å²) in [7, 11) is 0. The average molecular weight is 339 g/mol. The molecule has 3 rings (SSSR count). The maximum atomic E-state index is 12.6. The molecule has 1 N–H and O–H groups in total. The van der Waals surface area contributed by atoms with Crippen LogP contribution < -0.4 is 15.0 Å². The van der Waals surface area contributed by atoms with Crippen molar-refractivity contribution in [2.45, 2.75) is 13.8 Å². The molecule has 1 saturated heterocycles. The van der Waals surface area contributed by atoms with Crippen molar-refractivity contribution in [3.05, 3.63) is 54.1 Å². The molecule has 0 radical (unpaired) electrons. The molecule has 1 fully saturated rings. The van der Waals surface area contributed by atoms with E-state index in [1.54, 1.807) is 0 Å². The summed E-state index contributed by atoms with van der Waals surface area (Å²) >= 11 is 0. The highest BCUT2D eigenvalue weighted by molar-refractivity contribution is 5.91. The SMILES string of the molecule is CCOc1ccccc1NC(=O)N1CCN(c2ccccc2C)CC1. The standard InChI is InChI=1S/C20H25N3O2/c1-3-25-19-11-7-5-9-17(19)21-20(24)23-14-12-22(13-15-23)18-10-6-4-8-16(18)2/h4-11H,3,12-15H2,1-2H3,(H,21,24). The summed E-state index contributed by atoms with van der Waals surface area (Å²) in [5.41, 5.74) is 3.24. The lowest BCUT2D eigenvalue weighted by atomic mass is 10.1. The molecule has 0 saturated carbocycles. The van der Waals surface area contributed by atoms with Crippen LogP contribution in [0.25, 0.3) is 0 Å². The van der Waals surface area contributed by atoms with Crippen LogP contribution >= 0.6 is 0 Å². The number of urea groups is 1. The third-order valence-corrected chi connectivity index (χ3v) is 4.45. The Bertz CT molecular complexity index is 724. The topological polar surface area (TPSA) is 44.8 Å². The highest BCUT2D eigenvalue weighted by Gasteiger charge is 2.22. The second kappa shape index (κ2) is 7.92. The van der Waals surface area contributed by atoms with Crippen molar-refractivity contribution < 1.29 is 9.53 Å². The molecule has 1 aliphatic rings. The Kier molecular flexibility index (Phi) is 5.43. The number of amides is 2. The fourth-order valence-corrected chi connectivity index (χ4v) is 3.11. The summed E-state index contributed by atoms with van der Waals surface area (Å²) in [5, 5.41) is 2.97. The van der Waals surface area contributed by atoms with Gasteiger partial charge in [0, 0.05) is 31.9 Å². The van der Waals surface area contributed by atoms with E-state index in [-0.39, 0.29) is 6.03 Å². The molecule has 0 spiro atoms. The van der Waals surface area contributed by atoms with Crippen molar-refractivity contribution in [3.8, 4) is 5.75 Å². The first-order valence-corrected chi connectivity index (χ1v) is 8.77. The zero-order valence-electron chi connectivity index (χ0n) is 14.9. The van der Waals surface area contributed by atoms with Crippen LogP contribution in [0.1, 0.15) is 12.5 Å². The number of carbonyl (C=O) groups is 1. The van der Waals surface area contributed by atoms with Crippen molar-refractivity contribution >= 4 is 17.4 Å². The smallest absolute Gasteiger partial charge is 0.322 e. The fraction of sp³-hybridized carbons (Fsp3) is 0.350. The number of nitrogens with zero attached hydrogens (tertiary/aromatic N) is 2. The van der Waals surface area contributed by atoms with E-state index in [4.69, 9.17) is 4.74 Å². The van der Waals surface area contributed by atoms with E-state index in [9.17, 15) is 4.79 Å². The second-order valence-electron chi connectivity index (χ2n) is 6.12. The Morgan fingerprint density at radius 3 is 2.44 bits per heavy atom. The molecule has 5 nitrogen and oxygen atoms in total. The van der Waals surface area contributed by atoms with E-state index in [1.807, 2.05) is 36.1 Å². The number of carbonyl (C=O) groups excluding carboxylic acids is 1. The van der Waals surface area contributed by atoms with Crippen LogP contribution in [0.3, 0.4) is 0 Å². The highest BCUT2D eigenvalue weighted by atomic mass is 16.5. The lowest BCUT2D eigenvalue weighted by Crippen LogP contribution is -2.50. The quantitative estimate of drug-likeness (QED) is 0.923. The van der Waals surface area contributed by atoms with E-state index in [0.29, 0.717) is 25.4 Å². The molecular weight excluding hydrogens is 314 g/mol. The number of aryl methyl sites for hydroxylation is 1. The summed E-state index contributed by atoms with van der Waals surface area (Å²) < 4.78 is 5.57. The average Bonchev–Trinajstić information content (AvgIpc) is 2.64. The summed E-state index contributed by atoms with van der Waals surface area (Å²) in [4.78, 5) is 16.8. The minimum Gasteiger partial charge on any atom is -0.492 e. The first-order valence-electron chi connectivity index (χ1n) is 8.77. The number of nitrogens with one attached hydrogen (secondary N) is 1. The van der Waals surface area contributed by atoms with Crippen LogP contribution in [0, 0.1) is 6.92 Å². The zero-order chi connectivity index (χ0) is 17.6.